The molecule has 4 rings (SSSR count). The summed E-state index contributed by atoms with van der Waals surface area (Å²) in [4.78, 5) is 21.0. The second-order valence-corrected chi connectivity index (χ2v) is 7.40. The third-order valence-corrected chi connectivity index (χ3v) is 5.42. The van der Waals surface area contributed by atoms with E-state index < -0.39 is 5.82 Å². The standard InChI is InChI=1S/C20H16FN7OS/c1-12-13(2)28(15-6-3-5-14(21)9-15)18(16(12)10-22)24-17(29)11-30-20-25-19-23-7-4-8-27(19)26-20/h3-9H,11H2,1-2H3,(H,24,29). The fourth-order valence-electron chi connectivity index (χ4n) is 3.07. The first-order chi connectivity index (χ1) is 14.5. The molecule has 8 nitrogen and oxygen atoms in total. The van der Waals surface area contributed by atoms with Gasteiger partial charge in [0.25, 0.3) is 5.78 Å². The number of benzene rings is 1. The predicted molar refractivity (Wildman–Crippen MR) is 110 cm³/mol. The van der Waals surface area contributed by atoms with Crippen molar-refractivity contribution in [3.05, 3.63) is 65.4 Å². The molecule has 0 fully saturated rings. The second kappa shape index (κ2) is 7.96. The summed E-state index contributed by atoms with van der Waals surface area (Å²) in [6.07, 6.45) is 3.33. The van der Waals surface area contributed by atoms with Gasteiger partial charge in [-0.1, -0.05) is 17.8 Å². The quantitative estimate of drug-likeness (QED) is 0.497. The number of carbonyl (C=O) groups excluding carboxylic acids is 1. The van der Waals surface area contributed by atoms with Crippen molar-refractivity contribution in [2.24, 2.45) is 0 Å². The third-order valence-electron chi connectivity index (χ3n) is 4.58. The molecule has 0 bridgehead atoms. The van der Waals surface area contributed by atoms with Crippen LogP contribution >= 0.6 is 11.8 Å². The molecule has 0 aliphatic carbocycles. The molecule has 3 heterocycles. The molecule has 0 saturated carbocycles. The predicted octanol–water partition coefficient (Wildman–Crippen LogP) is 3.27. The highest BCUT2D eigenvalue weighted by Gasteiger charge is 2.21. The van der Waals surface area contributed by atoms with Crippen LogP contribution in [-0.4, -0.2) is 35.8 Å². The summed E-state index contributed by atoms with van der Waals surface area (Å²) in [5.41, 5.74) is 2.32. The number of nitrogens with zero attached hydrogens (tertiary/aromatic N) is 6. The summed E-state index contributed by atoms with van der Waals surface area (Å²) in [5, 5.41) is 17.1. The van der Waals surface area contributed by atoms with Crippen molar-refractivity contribution in [1.82, 2.24) is 24.1 Å². The maximum atomic E-state index is 13.8. The Bertz CT molecular complexity index is 1270. The normalized spacial score (nSPS) is 10.9. The Morgan fingerprint density at radius 3 is 2.90 bits per heavy atom. The van der Waals surface area contributed by atoms with Gasteiger partial charge in [-0.2, -0.15) is 10.2 Å². The van der Waals surface area contributed by atoms with E-state index in [1.807, 2.05) is 6.92 Å². The Kier molecular flexibility index (Phi) is 5.20. The van der Waals surface area contributed by atoms with E-state index in [9.17, 15) is 14.4 Å². The molecular formula is C20H16FN7OS. The van der Waals surface area contributed by atoms with E-state index in [2.05, 4.69) is 26.5 Å². The van der Waals surface area contributed by atoms with Gasteiger partial charge < -0.3 is 5.32 Å². The van der Waals surface area contributed by atoms with Crippen molar-refractivity contribution in [2.75, 3.05) is 11.1 Å². The summed E-state index contributed by atoms with van der Waals surface area (Å²) in [6.45, 7) is 3.61. The Morgan fingerprint density at radius 1 is 1.33 bits per heavy atom. The molecule has 0 saturated heterocycles. The van der Waals surface area contributed by atoms with Crippen LogP contribution in [0, 0.1) is 31.0 Å². The number of fused-ring (bicyclic) bond motifs is 1. The summed E-state index contributed by atoms with van der Waals surface area (Å²) in [5.74, 6) is 0.0510. The minimum atomic E-state index is -0.406. The molecule has 0 radical (unpaired) electrons. The number of aromatic nitrogens is 5. The lowest BCUT2D eigenvalue weighted by atomic mass is 10.2. The molecule has 0 spiro atoms. The molecule has 10 heteroatoms. The van der Waals surface area contributed by atoms with Crippen molar-refractivity contribution in [3.63, 3.8) is 0 Å². The fourth-order valence-corrected chi connectivity index (χ4v) is 3.70. The van der Waals surface area contributed by atoms with Crippen LogP contribution in [0.2, 0.25) is 0 Å². The van der Waals surface area contributed by atoms with Gasteiger partial charge in [-0.05, 0) is 43.7 Å². The minimum Gasteiger partial charge on any atom is -0.310 e. The first-order valence-electron chi connectivity index (χ1n) is 8.96. The van der Waals surface area contributed by atoms with Crippen LogP contribution in [0.5, 0.6) is 0 Å². The van der Waals surface area contributed by atoms with Crippen LogP contribution in [0.15, 0.2) is 47.9 Å². The molecule has 0 aliphatic heterocycles. The van der Waals surface area contributed by atoms with E-state index in [1.54, 1.807) is 42.1 Å². The lowest BCUT2D eigenvalue weighted by Gasteiger charge is -2.13. The number of nitriles is 1. The Hall–Kier alpha value is -3.71. The topological polar surface area (TPSA) is 101 Å². The molecule has 0 aliphatic rings. The zero-order valence-electron chi connectivity index (χ0n) is 16.1. The molecular weight excluding hydrogens is 405 g/mol. The van der Waals surface area contributed by atoms with Crippen LogP contribution in [0.3, 0.4) is 0 Å². The van der Waals surface area contributed by atoms with Gasteiger partial charge in [0, 0.05) is 18.1 Å². The first-order valence-corrected chi connectivity index (χ1v) is 9.94. The van der Waals surface area contributed by atoms with Gasteiger partial charge in [-0.25, -0.2) is 13.9 Å². The van der Waals surface area contributed by atoms with Crippen molar-refractivity contribution in [1.29, 1.82) is 5.26 Å². The number of hydrogen-bond donors (Lipinski definition) is 1. The van der Waals surface area contributed by atoms with Gasteiger partial charge in [0.1, 0.15) is 17.7 Å². The SMILES string of the molecule is Cc1c(C#N)c(NC(=O)CSc2nc3ncccn3n2)n(-c2cccc(F)c2)c1C. The van der Waals surface area contributed by atoms with Gasteiger partial charge >= 0.3 is 0 Å². The average Bonchev–Trinajstić information content (AvgIpc) is 3.25. The Balaban J connectivity index is 1.59. The second-order valence-electron chi connectivity index (χ2n) is 6.46. The number of halogens is 1. The molecule has 1 amide bonds. The van der Waals surface area contributed by atoms with Crippen molar-refractivity contribution in [2.45, 2.75) is 19.0 Å². The third kappa shape index (κ3) is 3.62. The number of amides is 1. The molecule has 3 aromatic heterocycles. The van der Waals surface area contributed by atoms with E-state index in [0.717, 1.165) is 23.0 Å². The molecule has 30 heavy (non-hydrogen) atoms. The van der Waals surface area contributed by atoms with Gasteiger partial charge in [0.2, 0.25) is 11.1 Å². The number of rotatable bonds is 5. The van der Waals surface area contributed by atoms with E-state index in [1.165, 1.54) is 16.6 Å². The van der Waals surface area contributed by atoms with Crippen molar-refractivity contribution < 1.29 is 9.18 Å². The molecule has 1 aromatic carbocycles. The van der Waals surface area contributed by atoms with E-state index in [-0.39, 0.29) is 11.7 Å². The summed E-state index contributed by atoms with van der Waals surface area (Å²) in [7, 11) is 0. The van der Waals surface area contributed by atoms with E-state index in [4.69, 9.17) is 0 Å². The summed E-state index contributed by atoms with van der Waals surface area (Å²) >= 11 is 1.15. The molecule has 150 valence electrons. The fraction of sp³-hybridized carbons (Fsp3) is 0.150. The molecule has 0 unspecified atom stereocenters. The highest BCUT2D eigenvalue weighted by atomic mass is 32.2. The van der Waals surface area contributed by atoms with Crippen LogP contribution in [0.25, 0.3) is 11.5 Å². The molecule has 1 N–H and O–H groups in total. The van der Waals surface area contributed by atoms with Gasteiger partial charge in [-0.3, -0.25) is 9.36 Å². The highest BCUT2D eigenvalue weighted by Crippen LogP contribution is 2.30. The van der Waals surface area contributed by atoms with E-state index in [0.29, 0.717) is 28.0 Å². The van der Waals surface area contributed by atoms with Crippen molar-refractivity contribution in [3.8, 4) is 11.8 Å². The number of anilines is 1. The monoisotopic (exact) mass is 421 g/mol. The van der Waals surface area contributed by atoms with Crippen LogP contribution < -0.4 is 5.32 Å². The largest absolute Gasteiger partial charge is 0.310 e. The minimum absolute atomic E-state index is 0.0359. The van der Waals surface area contributed by atoms with E-state index >= 15 is 0 Å². The lowest BCUT2D eigenvalue weighted by molar-refractivity contribution is -0.113. The van der Waals surface area contributed by atoms with Crippen molar-refractivity contribution >= 4 is 29.3 Å². The number of nitrogens with one attached hydrogen (secondary N) is 1. The van der Waals surface area contributed by atoms with Gasteiger partial charge in [0.15, 0.2) is 0 Å². The molecule has 4 aromatic rings. The Morgan fingerprint density at radius 2 is 2.17 bits per heavy atom. The van der Waals surface area contributed by atoms with Gasteiger partial charge in [-0.15, -0.1) is 5.10 Å². The Labute approximate surface area is 175 Å². The van der Waals surface area contributed by atoms with Crippen LogP contribution in [0.1, 0.15) is 16.8 Å². The summed E-state index contributed by atoms with van der Waals surface area (Å²) < 4.78 is 17.0. The number of thioether (sulfide) groups is 1. The molecule has 0 atom stereocenters. The van der Waals surface area contributed by atoms with Crippen LogP contribution in [0.4, 0.5) is 10.2 Å². The van der Waals surface area contributed by atoms with Gasteiger partial charge in [0.05, 0.1) is 17.0 Å². The first kappa shape index (κ1) is 19.6. The number of hydrogen-bond acceptors (Lipinski definition) is 6. The van der Waals surface area contributed by atoms with Crippen LogP contribution in [-0.2, 0) is 4.79 Å². The average molecular weight is 421 g/mol. The maximum Gasteiger partial charge on any atom is 0.253 e. The maximum absolute atomic E-state index is 13.8. The summed E-state index contributed by atoms with van der Waals surface area (Å²) in [6, 6.07) is 9.86. The highest BCUT2D eigenvalue weighted by molar-refractivity contribution is 7.99. The smallest absolute Gasteiger partial charge is 0.253 e. The zero-order chi connectivity index (χ0) is 21.3. The number of carbonyl (C=O) groups is 1. The zero-order valence-corrected chi connectivity index (χ0v) is 16.9. The lowest BCUT2D eigenvalue weighted by Crippen LogP contribution is -2.18.